The van der Waals surface area contributed by atoms with Crippen LogP contribution in [0.5, 0.6) is 0 Å². The molecule has 0 bridgehead atoms. The van der Waals surface area contributed by atoms with Crippen molar-refractivity contribution < 1.29 is 0 Å². The lowest BCUT2D eigenvalue weighted by molar-refractivity contribution is 0.862. The molecule has 3 heteroatoms. The highest BCUT2D eigenvalue weighted by molar-refractivity contribution is 6.42. The van der Waals surface area contributed by atoms with E-state index in [1.807, 2.05) is 18.2 Å². The normalized spacial score (nSPS) is 19.1. The van der Waals surface area contributed by atoms with Crippen molar-refractivity contribution in [1.29, 1.82) is 0 Å². The van der Waals surface area contributed by atoms with E-state index >= 15 is 0 Å². The summed E-state index contributed by atoms with van der Waals surface area (Å²) in [6.07, 6.45) is 3.29. The first-order chi connectivity index (χ1) is 6.75. The van der Waals surface area contributed by atoms with Gasteiger partial charge in [-0.2, -0.15) is 0 Å². The Hall–Kier alpha value is -0.500. The summed E-state index contributed by atoms with van der Waals surface area (Å²) in [7, 11) is 0. The Kier molecular flexibility index (Phi) is 3.12. The second-order valence-electron chi connectivity index (χ2n) is 3.40. The van der Waals surface area contributed by atoms with Crippen LogP contribution in [0, 0.1) is 0 Å². The van der Waals surface area contributed by atoms with Crippen molar-refractivity contribution in [2.75, 3.05) is 13.1 Å². The van der Waals surface area contributed by atoms with Gasteiger partial charge in [0.05, 0.1) is 10.0 Å². The molecule has 0 atom stereocenters. The summed E-state index contributed by atoms with van der Waals surface area (Å²) < 4.78 is 0. The smallest absolute Gasteiger partial charge is 0.0598 e. The van der Waals surface area contributed by atoms with Gasteiger partial charge in [0.25, 0.3) is 0 Å². The fraction of sp³-hybridized carbons (Fsp3) is 0.273. The SMILES string of the molecule is Clc1ccc(C=C2CCNC2)cc1Cl. The zero-order valence-electron chi connectivity index (χ0n) is 7.69. The predicted molar refractivity (Wildman–Crippen MR) is 61.9 cm³/mol. The molecule has 1 N–H and O–H groups in total. The number of benzene rings is 1. The second kappa shape index (κ2) is 4.35. The van der Waals surface area contributed by atoms with Gasteiger partial charge in [-0.15, -0.1) is 0 Å². The summed E-state index contributed by atoms with van der Waals surface area (Å²) in [5.74, 6) is 0. The van der Waals surface area contributed by atoms with Crippen LogP contribution in [-0.4, -0.2) is 13.1 Å². The van der Waals surface area contributed by atoms with Gasteiger partial charge in [0.1, 0.15) is 0 Å². The predicted octanol–water partition coefficient (Wildman–Crippen LogP) is 3.37. The minimum atomic E-state index is 0.610. The summed E-state index contributed by atoms with van der Waals surface area (Å²) in [5, 5.41) is 4.52. The van der Waals surface area contributed by atoms with E-state index in [0.717, 1.165) is 25.1 Å². The molecule has 0 aromatic heterocycles. The molecule has 2 rings (SSSR count). The minimum absolute atomic E-state index is 0.610. The molecule has 1 aromatic carbocycles. The van der Waals surface area contributed by atoms with Crippen LogP contribution in [0.3, 0.4) is 0 Å². The Bertz CT molecular complexity index is 364. The molecule has 1 aromatic rings. The molecule has 0 radical (unpaired) electrons. The summed E-state index contributed by atoms with van der Waals surface area (Å²) in [4.78, 5) is 0. The summed E-state index contributed by atoms with van der Waals surface area (Å²) in [5.41, 5.74) is 2.54. The monoisotopic (exact) mass is 227 g/mol. The lowest BCUT2D eigenvalue weighted by Crippen LogP contribution is -2.04. The molecule has 0 saturated carbocycles. The highest BCUT2D eigenvalue weighted by Gasteiger charge is 2.05. The first-order valence-corrected chi connectivity index (χ1v) is 5.36. The maximum absolute atomic E-state index is 5.92. The Balaban J connectivity index is 2.24. The van der Waals surface area contributed by atoms with Gasteiger partial charge >= 0.3 is 0 Å². The maximum Gasteiger partial charge on any atom is 0.0598 e. The molecule has 0 amide bonds. The maximum atomic E-state index is 5.92. The van der Waals surface area contributed by atoms with Crippen molar-refractivity contribution in [3.8, 4) is 0 Å². The van der Waals surface area contributed by atoms with Crippen LogP contribution in [-0.2, 0) is 0 Å². The minimum Gasteiger partial charge on any atom is -0.313 e. The Morgan fingerprint density at radius 2 is 2.07 bits per heavy atom. The van der Waals surface area contributed by atoms with E-state index in [9.17, 15) is 0 Å². The van der Waals surface area contributed by atoms with Gasteiger partial charge in [-0.25, -0.2) is 0 Å². The van der Waals surface area contributed by atoms with E-state index in [-0.39, 0.29) is 0 Å². The van der Waals surface area contributed by atoms with Crippen LogP contribution >= 0.6 is 23.2 Å². The van der Waals surface area contributed by atoms with Crippen molar-refractivity contribution in [3.63, 3.8) is 0 Å². The van der Waals surface area contributed by atoms with E-state index in [1.54, 1.807) is 0 Å². The fourth-order valence-corrected chi connectivity index (χ4v) is 1.85. The fourth-order valence-electron chi connectivity index (χ4n) is 1.55. The van der Waals surface area contributed by atoms with Crippen molar-refractivity contribution >= 4 is 29.3 Å². The van der Waals surface area contributed by atoms with Gasteiger partial charge in [-0.3, -0.25) is 0 Å². The lowest BCUT2D eigenvalue weighted by Gasteiger charge is -1.99. The molecule has 1 nitrogen and oxygen atoms in total. The number of halogens is 2. The van der Waals surface area contributed by atoms with E-state index in [0.29, 0.717) is 10.0 Å². The summed E-state index contributed by atoms with van der Waals surface area (Å²) in [6, 6.07) is 5.72. The van der Waals surface area contributed by atoms with Crippen LogP contribution < -0.4 is 5.32 Å². The molecule has 1 saturated heterocycles. The van der Waals surface area contributed by atoms with Crippen LogP contribution in [0.4, 0.5) is 0 Å². The third kappa shape index (κ3) is 2.30. The molecule has 0 spiro atoms. The molecule has 1 fully saturated rings. The Morgan fingerprint density at radius 3 is 2.71 bits per heavy atom. The molecular weight excluding hydrogens is 217 g/mol. The van der Waals surface area contributed by atoms with Gasteiger partial charge in [-0.05, 0) is 30.7 Å². The summed E-state index contributed by atoms with van der Waals surface area (Å²) >= 11 is 11.8. The number of hydrogen-bond acceptors (Lipinski definition) is 1. The van der Waals surface area contributed by atoms with Crippen LogP contribution in [0.15, 0.2) is 23.8 Å². The molecule has 1 aliphatic heterocycles. The average molecular weight is 228 g/mol. The van der Waals surface area contributed by atoms with Gasteiger partial charge in [0.15, 0.2) is 0 Å². The molecule has 0 unspecified atom stereocenters. The van der Waals surface area contributed by atoms with Crippen molar-refractivity contribution in [3.05, 3.63) is 39.4 Å². The van der Waals surface area contributed by atoms with Crippen molar-refractivity contribution in [1.82, 2.24) is 5.32 Å². The van der Waals surface area contributed by atoms with Crippen LogP contribution in [0.1, 0.15) is 12.0 Å². The number of nitrogens with one attached hydrogen (secondary N) is 1. The first kappa shape index (κ1) is 10.0. The van der Waals surface area contributed by atoms with Crippen LogP contribution in [0.2, 0.25) is 10.0 Å². The molecule has 1 heterocycles. The first-order valence-electron chi connectivity index (χ1n) is 4.61. The van der Waals surface area contributed by atoms with Gasteiger partial charge in [-0.1, -0.05) is 40.9 Å². The van der Waals surface area contributed by atoms with E-state index in [4.69, 9.17) is 23.2 Å². The Labute approximate surface area is 93.7 Å². The highest BCUT2D eigenvalue weighted by atomic mass is 35.5. The molecule has 1 aliphatic rings. The number of rotatable bonds is 1. The van der Waals surface area contributed by atoms with Crippen LogP contribution in [0.25, 0.3) is 6.08 Å². The Morgan fingerprint density at radius 1 is 1.21 bits per heavy atom. The van der Waals surface area contributed by atoms with Crippen molar-refractivity contribution in [2.24, 2.45) is 0 Å². The van der Waals surface area contributed by atoms with Gasteiger partial charge in [0, 0.05) is 6.54 Å². The van der Waals surface area contributed by atoms with Gasteiger partial charge < -0.3 is 5.32 Å². The zero-order chi connectivity index (χ0) is 9.97. The molecule has 74 valence electrons. The molecule has 14 heavy (non-hydrogen) atoms. The third-order valence-electron chi connectivity index (χ3n) is 2.29. The van der Waals surface area contributed by atoms with E-state index in [1.165, 1.54) is 5.57 Å². The quantitative estimate of drug-likeness (QED) is 0.776. The van der Waals surface area contributed by atoms with Gasteiger partial charge in [0.2, 0.25) is 0 Å². The standard InChI is InChI=1S/C11H11Cl2N/c12-10-2-1-8(6-11(10)13)5-9-3-4-14-7-9/h1-2,5-6,14H,3-4,7H2. The summed E-state index contributed by atoms with van der Waals surface area (Å²) in [6.45, 7) is 2.06. The van der Waals surface area contributed by atoms with E-state index < -0.39 is 0 Å². The second-order valence-corrected chi connectivity index (χ2v) is 4.22. The molecule has 0 aliphatic carbocycles. The lowest BCUT2D eigenvalue weighted by atomic mass is 10.1. The highest BCUT2D eigenvalue weighted by Crippen LogP contribution is 2.24. The van der Waals surface area contributed by atoms with E-state index in [2.05, 4.69) is 11.4 Å². The molecular formula is C11H11Cl2N. The average Bonchev–Trinajstić information content (AvgIpc) is 2.64. The third-order valence-corrected chi connectivity index (χ3v) is 3.03. The largest absolute Gasteiger partial charge is 0.313 e. The number of hydrogen-bond donors (Lipinski definition) is 1. The topological polar surface area (TPSA) is 12.0 Å². The zero-order valence-corrected chi connectivity index (χ0v) is 9.20. The van der Waals surface area contributed by atoms with Crippen molar-refractivity contribution in [2.45, 2.75) is 6.42 Å².